The number of benzene rings is 3. The van der Waals surface area contributed by atoms with Gasteiger partial charge < -0.3 is 15.2 Å². The van der Waals surface area contributed by atoms with Gasteiger partial charge in [-0.25, -0.2) is 9.97 Å². The number of aliphatic hydroxyl groups excluding tert-OH is 1. The second-order valence-corrected chi connectivity index (χ2v) is 36.8. The summed E-state index contributed by atoms with van der Waals surface area (Å²) < 4.78 is 2.12. The molecule has 0 fully saturated rings. The number of aliphatic hydroxyl groups is 1. The number of aryl methyl sites for hydroxylation is 21. The Hall–Kier alpha value is -11.7. The van der Waals surface area contributed by atoms with Crippen molar-refractivity contribution in [3.63, 3.8) is 0 Å². The molecule has 0 aliphatic carbocycles. The molecule has 684 valence electrons. The Balaban J connectivity index is 0.000000187. The predicted molar refractivity (Wildman–Crippen MR) is 535 cm³/mol. The van der Waals surface area contributed by atoms with Gasteiger partial charge in [0, 0.05) is 47.3 Å². The van der Waals surface area contributed by atoms with E-state index in [4.69, 9.17) is 10.8 Å². The molecule has 22 heteroatoms. The zero-order valence-corrected chi connectivity index (χ0v) is 81.2. The second-order valence-electron chi connectivity index (χ2n) is 34.9. The van der Waals surface area contributed by atoms with Crippen LogP contribution in [0.5, 0.6) is 0 Å². The lowest BCUT2D eigenvalue weighted by Crippen LogP contribution is -2.08. The molecule has 0 radical (unpaired) electrons. The highest BCUT2D eigenvalue weighted by atomic mass is 32.1. The maximum absolute atomic E-state index is 9.12. The molecule has 0 amide bonds. The number of imidazole rings is 1. The van der Waals surface area contributed by atoms with Crippen molar-refractivity contribution in [1.82, 2.24) is 90.7 Å². The van der Waals surface area contributed by atoms with Crippen molar-refractivity contribution in [3.05, 3.63) is 374 Å². The van der Waals surface area contributed by atoms with Crippen LogP contribution < -0.4 is 5.73 Å². The third kappa shape index (κ3) is 36.7. The van der Waals surface area contributed by atoms with Gasteiger partial charge in [0.25, 0.3) is 0 Å². The largest absolute Gasteiger partial charge is 0.396 e. The normalized spacial score (nSPS) is 11.4. The van der Waals surface area contributed by atoms with Crippen molar-refractivity contribution in [3.8, 4) is 0 Å². The van der Waals surface area contributed by atoms with Gasteiger partial charge in [0.1, 0.15) is 0 Å². The summed E-state index contributed by atoms with van der Waals surface area (Å²) in [7, 11) is 0. The van der Waals surface area contributed by atoms with E-state index in [9.17, 15) is 0 Å². The summed E-state index contributed by atoms with van der Waals surface area (Å²) in [5.74, 6) is 3.40. The number of pyridine rings is 2. The summed E-state index contributed by atoms with van der Waals surface area (Å²) in [5.41, 5.74) is 36.2. The van der Waals surface area contributed by atoms with Crippen LogP contribution in [0, 0.1) is 48.5 Å². The zero-order valence-electron chi connectivity index (χ0n) is 79.5. The third-order valence-electron chi connectivity index (χ3n) is 22.0. The van der Waals surface area contributed by atoms with Crippen LogP contribution in [0.15, 0.2) is 218 Å². The number of rotatable bonds is 30. The molecule has 15 aromatic rings. The minimum absolute atomic E-state index is 0. The fourth-order valence-electron chi connectivity index (χ4n) is 13.2. The Morgan fingerprint density at radius 3 is 0.977 bits per heavy atom. The summed E-state index contributed by atoms with van der Waals surface area (Å²) in [5, 5.41) is 72.5. The van der Waals surface area contributed by atoms with E-state index in [0.717, 1.165) is 181 Å². The topological polar surface area (TPSA) is 270 Å². The first-order valence-corrected chi connectivity index (χ1v) is 47.4. The number of nitrogens with zero attached hydrogens (tertiary/aromatic N) is 18. The molecule has 2 unspecified atom stereocenters. The summed E-state index contributed by atoms with van der Waals surface area (Å²) in [4.78, 5) is 15.1. The molecule has 0 aliphatic heterocycles. The first-order valence-electron chi connectivity index (χ1n) is 45.6. The predicted octanol–water partition coefficient (Wildman–Crippen LogP) is 23.0. The maximum Gasteiger partial charge on any atom is 0.0995 e. The molecule has 15 rings (SSSR count). The lowest BCUT2D eigenvalue weighted by molar-refractivity contribution is 0.273. The monoisotopic (exact) mass is 1780 g/mol. The van der Waals surface area contributed by atoms with Gasteiger partial charge in [-0.3, -0.25) is 4.98 Å². The third-order valence-corrected chi connectivity index (χ3v) is 24.3. The molecule has 12 heterocycles. The Bertz CT molecular complexity index is 5360. The van der Waals surface area contributed by atoms with Crippen molar-refractivity contribution in [2.75, 3.05) is 13.2 Å². The van der Waals surface area contributed by atoms with Crippen molar-refractivity contribution in [1.29, 1.82) is 0 Å². The van der Waals surface area contributed by atoms with Gasteiger partial charge in [-0.1, -0.05) is 175 Å². The molecule has 2 atom stereocenters. The lowest BCUT2D eigenvalue weighted by atomic mass is 9.98. The SMILES string of the molecule is C.Cc1ccc(CCc2ccc(C(C)C)cc2)nn1.Cc1ccc(CCc2ccc(C(C)C)nc2)nn1.Cc1ccc(CCc2ccc(C(C)CN)cc2)nn1.Cc1ccc(CCc2ccc(C(C)CO)cc2)nn1.Cc1ccc(CCc2csc(C(C)C)c2)nn1.Cc1ccc(CCc2nc(C(C)C)cs2)nn1.Cc1ccc(CCc2ncn3cc(C(C)C)ccc23)nn1. The molecule has 0 aliphatic rings. The molecule has 0 saturated heterocycles. The fraction of sp³-hybridized carbons (Fsp3) is 0.398. The van der Waals surface area contributed by atoms with Gasteiger partial charge in [0.2, 0.25) is 0 Å². The van der Waals surface area contributed by atoms with Crippen LogP contribution in [-0.2, 0) is 89.9 Å². The molecule has 3 N–H and O–H groups in total. The number of thiazole rings is 1. The molecular formula is C108H139N19OS2. The summed E-state index contributed by atoms with van der Waals surface area (Å²) >= 11 is 3.60. The average Bonchev–Trinajstić information content (AvgIpc) is 1.66. The number of hydrogen-bond acceptors (Lipinski definition) is 21. The molecule has 130 heavy (non-hydrogen) atoms. The minimum Gasteiger partial charge on any atom is -0.396 e. The molecule has 3 aromatic carbocycles. The maximum atomic E-state index is 9.12. The number of aromatic nitrogens is 18. The van der Waals surface area contributed by atoms with Gasteiger partial charge in [-0.05, 0) is 333 Å². The second kappa shape index (κ2) is 54.7. The molecule has 0 spiro atoms. The number of thiophene rings is 1. The van der Waals surface area contributed by atoms with Gasteiger partial charge in [0.05, 0.1) is 108 Å². The average molecular weight is 1780 g/mol. The highest BCUT2D eigenvalue weighted by molar-refractivity contribution is 7.10. The summed E-state index contributed by atoms with van der Waals surface area (Å²) in [6.45, 7) is 40.7. The highest BCUT2D eigenvalue weighted by Crippen LogP contribution is 2.26. The minimum atomic E-state index is 0. The van der Waals surface area contributed by atoms with Crippen molar-refractivity contribution in [2.45, 2.75) is 270 Å². The van der Waals surface area contributed by atoms with E-state index in [1.165, 1.54) is 71.2 Å². The number of nitrogens with two attached hydrogens (primary N) is 1. The molecule has 20 nitrogen and oxygen atoms in total. The van der Waals surface area contributed by atoms with Crippen molar-refractivity contribution < 1.29 is 5.11 Å². The van der Waals surface area contributed by atoms with E-state index in [1.807, 2.05) is 152 Å². The van der Waals surface area contributed by atoms with Crippen LogP contribution in [0.25, 0.3) is 5.52 Å². The van der Waals surface area contributed by atoms with Crippen LogP contribution in [-0.4, -0.2) is 109 Å². The van der Waals surface area contributed by atoms with Crippen LogP contribution in [0.1, 0.15) is 289 Å². The van der Waals surface area contributed by atoms with Gasteiger partial charge in [-0.15, -0.1) is 22.7 Å². The molecular weight excluding hydrogens is 1640 g/mol. The first-order chi connectivity index (χ1) is 62.1. The highest BCUT2D eigenvalue weighted by Gasteiger charge is 2.14. The number of fused-ring (bicyclic) bond motifs is 1. The van der Waals surface area contributed by atoms with E-state index in [-0.39, 0.29) is 20.0 Å². The van der Waals surface area contributed by atoms with E-state index >= 15 is 0 Å². The number of hydrogen-bond donors (Lipinski definition) is 2. The van der Waals surface area contributed by atoms with Crippen LogP contribution in [0.2, 0.25) is 0 Å². The van der Waals surface area contributed by atoms with Crippen LogP contribution >= 0.6 is 22.7 Å². The first kappa shape index (κ1) is 104. The Morgan fingerprint density at radius 1 is 0.308 bits per heavy atom. The lowest BCUT2D eigenvalue weighted by Gasteiger charge is -2.09. The standard InChI is InChI=1S/C17H20N4.C16H21N3.C16H20N2O.C16H20N2.C15H19N3.C14H18N2S.C13H17N3S.CH4/c1-12(2)14-5-9-17-16(18-11-21(17)10-14)8-7-15-6-4-13(3)19-20-15;1-12(11-17)15-7-4-14(5-8-15)6-10-16-9-3-13(2)18-19-16;1-12(11-19)15-7-4-14(5-8-15)6-10-16-9-3-13(2)17-18-16;1-12(2)15-8-5-14(6-9-15)7-11-16-10-4-13(3)17-18-16;1-11(2)15-9-6-13(10-16-15)5-8-14-7-4-12(3)17-18-14;1-10(2)14-8-12(9-17-14)5-7-13-6-4-11(3)15-16-13;1-9(2)12-8-17-13(14-12)7-6-11-5-4-10(3)15-16-11;/h4-6,9-12H,7-8H2,1-3H3;3-5,7-9,12H,6,10-11,17H2,1-2H3;3-5,7-9,12,19H,6,10-11H2,1-2H3;4-6,8-10,12H,7,11H2,1-3H3;4,6-7,9-11H,5,8H2,1-3H3;4,6,8-10H,5,7H2,1-3H3;4-5,8-9H,6-7H2,1-3H3;1H4. The molecule has 12 aromatic heterocycles. The summed E-state index contributed by atoms with van der Waals surface area (Å²) in [6, 6.07) is 65.4. The van der Waals surface area contributed by atoms with Crippen molar-refractivity contribution >= 4 is 28.2 Å². The molecule has 0 bridgehead atoms. The quantitative estimate of drug-likeness (QED) is 0.0423. The molecule has 0 saturated carbocycles. The Labute approximate surface area is 782 Å². The van der Waals surface area contributed by atoms with E-state index in [1.54, 1.807) is 11.3 Å². The van der Waals surface area contributed by atoms with Gasteiger partial charge >= 0.3 is 0 Å². The Kier molecular flexibility index (Phi) is 43.6. The smallest absolute Gasteiger partial charge is 0.0995 e. The zero-order chi connectivity index (χ0) is 92.6. The van der Waals surface area contributed by atoms with Crippen LogP contribution in [0.3, 0.4) is 0 Å². The van der Waals surface area contributed by atoms with Crippen molar-refractivity contribution in [2.24, 2.45) is 5.73 Å². The van der Waals surface area contributed by atoms with E-state index in [0.29, 0.717) is 42.1 Å². The summed E-state index contributed by atoms with van der Waals surface area (Å²) in [6.07, 6.45) is 19.3. The Morgan fingerprint density at radius 2 is 0.654 bits per heavy atom. The fourth-order valence-corrected chi connectivity index (χ4v) is 15.1. The van der Waals surface area contributed by atoms with Crippen LogP contribution in [0.4, 0.5) is 0 Å². The van der Waals surface area contributed by atoms with E-state index < -0.39 is 0 Å². The van der Waals surface area contributed by atoms with Gasteiger partial charge in [0.15, 0.2) is 0 Å². The van der Waals surface area contributed by atoms with Gasteiger partial charge in [-0.2, -0.15) is 71.4 Å². The van der Waals surface area contributed by atoms with E-state index in [2.05, 4.69) is 299 Å².